The normalized spacial score (nSPS) is 11.4. The minimum absolute atomic E-state index is 0.0925. The maximum absolute atomic E-state index is 11.9. The van der Waals surface area contributed by atoms with E-state index >= 15 is 0 Å². The van der Waals surface area contributed by atoms with Crippen LogP contribution in [0.4, 0.5) is 0 Å². The van der Waals surface area contributed by atoms with Crippen LogP contribution in [0.2, 0.25) is 0 Å². The lowest BCUT2D eigenvalue weighted by atomic mass is 10.3. The van der Waals surface area contributed by atoms with Crippen molar-refractivity contribution in [2.45, 2.75) is 6.92 Å². The Bertz CT molecular complexity index is 857. The number of thiophene rings is 2. The average molecular weight is 302 g/mol. The summed E-state index contributed by atoms with van der Waals surface area (Å²) in [7, 11) is 0. The molecule has 6 heteroatoms. The number of nitrogens with zero attached hydrogens (tertiary/aromatic N) is 1. The summed E-state index contributed by atoms with van der Waals surface area (Å²) in [5.74, 6) is 0.305. The van der Waals surface area contributed by atoms with Gasteiger partial charge in [0, 0.05) is 4.88 Å². The zero-order chi connectivity index (χ0) is 14.1. The Morgan fingerprint density at radius 3 is 3.05 bits per heavy atom. The van der Waals surface area contributed by atoms with Crippen molar-refractivity contribution in [1.29, 1.82) is 0 Å². The molecule has 0 aromatic carbocycles. The molecule has 4 nitrogen and oxygen atoms in total. The second kappa shape index (κ2) is 5.15. The topological polar surface area (TPSA) is 62.8 Å². The molecule has 0 radical (unpaired) electrons. The van der Waals surface area contributed by atoms with Gasteiger partial charge < -0.3 is 4.98 Å². The molecule has 0 fully saturated rings. The average Bonchev–Trinajstić information content (AvgIpc) is 3.04. The van der Waals surface area contributed by atoms with Crippen LogP contribution in [-0.2, 0) is 0 Å². The summed E-state index contributed by atoms with van der Waals surface area (Å²) in [5.41, 5.74) is -0.178. The molecule has 0 aliphatic carbocycles. The number of rotatable bonds is 3. The number of aryl methyl sites for hydroxylation is 1. The van der Waals surface area contributed by atoms with Crippen LogP contribution < -0.4 is 5.56 Å². The van der Waals surface area contributed by atoms with Crippen molar-refractivity contribution < 1.29 is 4.79 Å². The summed E-state index contributed by atoms with van der Waals surface area (Å²) in [6, 6.07) is 5.40. The van der Waals surface area contributed by atoms with Crippen molar-refractivity contribution in [1.82, 2.24) is 9.97 Å². The fraction of sp³-hybridized carbons (Fsp3) is 0.0714. The molecule has 0 amide bonds. The van der Waals surface area contributed by atoms with E-state index < -0.39 is 0 Å². The van der Waals surface area contributed by atoms with Crippen LogP contribution in [0.15, 0.2) is 34.4 Å². The Balaban J connectivity index is 1.95. The number of hydrogen-bond donors (Lipinski definition) is 1. The van der Waals surface area contributed by atoms with Gasteiger partial charge in [0.05, 0.1) is 10.3 Å². The molecule has 0 saturated carbocycles. The summed E-state index contributed by atoms with van der Waals surface area (Å²) in [5, 5.41) is 2.44. The number of fused-ring (bicyclic) bond motifs is 1. The van der Waals surface area contributed by atoms with Gasteiger partial charge in [-0.05, 0) is 36.6 Å². The Morgan fingerprint density at radius 1 is 1.45 bits per heavy atom. The molecular formula is C14H10N2O2S2. The van der Waals surface area contributed by atoms with E-state index in [-0.39, 0.29) is 11.3 Å². The molecule has 100 valence electrons. The van der Waals surface area contributed by atoms with Crippen LogP contribution in [0.5, 0.6) is 0 Å². The van der Waals surface area contributed by atoms with Gasteiger partial charge in [-0.3, -0.25) is 9.59 Å². The third-order valence-corrected chi connectivity index (χ3v) is 4.53. The number of carbonyl (C=O) groups excluding carboxylic acids is 1. The number of ketones is 1. The number of allylic oxidation sites excluding steroid dienone is 1. The lowest BCUT2D eigenvalue weighted by Crippen LogP contribution is -2.08. The highest BCUT2D eigenvalue weighted by molar-refractivity contribution is 7.18. The number of nitrogens with one attached hydrogen (secondary N) is 1. The molecule has 0 saturated heterocycles. The van der Waals surface area contributed by atoms with Gasteiger partial charge in [-0.2, -0.15) is 0 Å². The van der Waals surface area contributed by atoms with E-state index in [2.05, 4.69) is 9.97 Å². The van der Waals surface area contributed by atoms with E-state index in [1.807, 2.05) is 24.4 Å². The molecule has 0 unspecified atom stereocenters. The van der Waals surface area contributed by atoms with E-state index in [0.717, 1.165) is 4.88 Å². The molecule has 3 rings (SSSR count). The van der Waals surface area contributed by atoms with Crippen molar-refractivity contribution in [2.24, 2.45) is 0 Å². The minimum Gasteiger partial charge on any atom is -0.306 e. The lowest BCUT2D eigenvalue weighted by Gasteiger charge is -1.93. The molecule has 1 N–H and O–H groups in total. The third-order valence-electron chi connectivity index (χ3n) is 2.70. The van der Waals surface area contributed by atoms with E-state index in [9.17, 15) is 9.59 Å². The molecule has 3 heterocycles. The predicted molar refractivity (Wildman–Crippen MR) is 82.7 cm³/mol. The molecule has 0 aliphatic heterocycles. The van der Waals surface area contributed by atoms with Crippen molar-refractivity contribution in [3.05, 3.63) is 55.6 Å². The largest absolute Gasteiger partial charge is 0.306 e. The summed E-state index contributed by atoms with van der Waals surface area (Å²) in [6.07, 6.45) is 2.97. The van der Waals surface area contributed by atoms with E-state index in [1.54, 1.807) is 6.07 Å². The van der Waals surface area contributed by atoms with Gasteiger partial charge in [-0.15, -0.1) is 22.7 Å². The van der Waals surface area contributed by atoms with Gasteiger partial charge in [0.1, 0.15) is 10.7 Å². The Kier molecular flexibility index (Phi) is 3.33. The first-order valence-corrected chi connectivity index (χ1v) is 7.59. The van der Waals surface area contributed by atoms with E-state index in [0.29, 0.717) is 20.9 Å². The molecule has 20 heavy (non-hydrogen) atoms. The van der Waals surface area contributed by atoms with Crippen LogP contribution in [-0.4, -0.2) is 15.8 Å². The number of aromatic nitrogens is 2. The zero-order valence-corrected chi connectivity index (χ0v) is 12.2. The van der Waals surface area contributed by atoms with Crippen LogP contribution in [0.3, 0.4) is 0 Å². The first-order valence-electron chi connectivity index (χ1n) is 5.90. The maximum atomic E-state index is 11.9. The molecule has 3 aromatic rings. The van der Waals surface area contributed by atoms with Gasteiger partial charge in [0.15, 0.2) is 5.78 Å². The van der Waals surface area contributed by atoms with E-state index in [4.69, 9.17) is 0 Å². The second-order valence-electron chi connectivity index (χ2n) is 4.20. The Morgan fingerprint density at radius 2 is 2.30 bits per heavy atom. The SMILES string of the molecule is Cc1cc2c(=O)[nH]c(/C=C/C(=O)c3cccs3)nc2s1. The standard InChI is InChI=1S/C14H10N2O2S2/c1-8-7-9-13(18)15-12(16-14(9)20-8)5-4-10(17)11-3-2-6-19-11/h2-7H,1H3,(H,15,16,18)/b5-4+. The van der Waals surface area contributed by atoms with Crippen molar-refractivity contribution in [3.63, 3.8) is 0 Å². The van der Waals surface area contributed by atoms with Crippen LogP contribution >= 0.6 is 22.7 Å². The number of hydrogen-bond acceptors (Lipinski definition) is 5. The van der Waals surface area contributed by atoms with Gasteiger partial charge in [-0.25, -0.2) is 4.98 Å². The van der Waals surface area contributed by atoms with Gasteiger partial charge in [0.25, 0.3) is 5.56 Å². The lowest BCUT2D eigenvalue weighted by molar-refractivity contribution is 0.105. The highest BCUT2D eigenvalue weighted by atomic mass is 32.1. The quantitative estimate of drug-likeness (QED) is 0.596. The van der Waals surface area contributed by atoms with Crippen LogP contribution in [0, 0.1) is 6.92 Å². The summed E-state index contributed by atoms with van der Waals surface area (Å²) in [4.78, 5) is 33.1. The first-order chi connectivity index (χ1) is 9.63. The fourth-order valence-corrected chi connectivity index (χ4v) is 3.34. The van der Waals surface area contributed by atoms with Gasteiger partial charge in [-0.1, -0.05) is 6.07 Å². The molecule has 0 aliphatic rings. The van der Waals surface area contributed by atoms with Gasteiger partial charge in [0.2, 0.25) is 0 Å². The Hall–Kier alpha value is -2.05. The predicted octanol–water partition coefficient (Wildman–Crippen LogP) is 3.25. The summed E-state index contributed by atoms with van der Waals surface area (Å²) >= 11 is 2.85. The molecule has 0 spiro atoms. The summed E-state index contributed by atoms with van der Waals surface area (Å²) in [6.45, 7) is 1.93. The molecule has 0 bridgehead atoms. The smallest absolute Gasteiger partial charge is 0.259 e. The first kappa shape index (κ1) is 13.0. The fourth-order valence-electron chi connectivity index (χ4n) is 1.80. The number of aromatic amines is 1. The number of H-pyrrole nitrogens is 1. The van der Waals surface area contributed by atoms with Crippen molar-refractivity contribution in [3.8, 4) is 0 Å². The van der Waals surface area contributed by atoms with Crippen LogP contribution in [0.25, 0.3) is 16.3 Å². The molecule has 0 atom stereocenters. The highest BCUT2D eigenvalue weighted by Crippen LogP contribution is 2.20. The monoisotopic (exact) mass is 302 g/mol. The van der Waals surface area contributed by atoms with E-state index in [1.165, 1.54) is 34.8 Å². The molecule has 3 aromatic heterocycles. The maximum Gasteiger partial charge on any atom is 0.259 e. The highest BCUT2D eigenvalue weighted by Gasteiger charge is 2.06. The Labute approximate surface area is 122 Å². The van der Waals surface area contributed by atoms with Crippen LogP contribution in [0.1, 0.15) is 20.4 Å². The third kappa shape index (κ3) is 2.48. The molecular weight excluding hydrogens is 292 g/mol. The second-order valence-corrected chi connectivity index (χ2v) is 6.38. The summed E-state index contributed by atoms with van der Waals surface area (Å²) < 4.78 is 0. The zero-order valence-electron chi connectivity index (χ0n) is 10.5. The van der Waals surface area contributed by atoms with Gasteiger partial charge >= 0.3 is 0 Å². The van der Waals surface area contributed by atoms with Crippen molar-refractivity contribution in [2.75, 3.05) is 0 Å². The van der Waals surface area contributed by atoms with Crippen molar-refractivity contribution >= 4 is 44.7 Å². The number of carbonyl (C=O) groups is 1. The minimum atomic E-state index is -0.178.